The number of aromatic nitrogens is 3. The highest BCUT2D eigenvalue weighted by atomic mass is 35.5. The number of aryl methyl sites for hydroxylation is 2. The number of nitrogens with two attached hydrogens (primary N) is 1. The Labute approximate surface area is 186 Å². The summed E-state index contributed by atoms with van der Waals surface area (Å²) in [5.41, 5.74) is 6.54. The number of carbonyl (C=O) groups excluding carboxylic acids is 1. The van der Waals surface area contributed by atoms with E-state index in [1.807, 2.05) is 0 Å². The number of nitrogen functional groups attached to an aromatic ring is 1. The minimum Gasteiger partial charge on any atom is -0.383 e. The lowest BCUT2D eigenvalue weighted by Crippen LogP contribution is -2.21. The third-order valence-corrected chi connectivity index (χ3v) is 5.23. The first-order valence-corrected chi connectivity index (χ1v) is 9.87. The number of halogens is 3. The Kier molecular flexibility index (Phi) is 5.53. The molecule has 0 bridgehead atoms. The Morgan fingerprint density at radius 1 is 1.19 bits per heavy atom. The smallest absolute Gasteiger partial charge is 0.257 e. The number of aliphatic hydroxyl groups is 1. The van der Waals surface area contributed by atoms with Crippen LogP contribution in [0.25, 0.3) is 22.2 Å². The highest BCUT2D eigenvalue weighted by molar-refractivity contribution is 6.30. The molecule has 1 amide bonds. The van der Waals surface area contributed by atoms with Crippen LogP contribution in [0.2, 0.25) is 5.02 Å². The monoisotopic (exact) mass is 457 g/mol. The van der Waals surface area contributed by atoms with Crippen molar-refractivity contribution in [2.45, 2.75) is 13.0 Å². The Hall–Kier alpha value is -3.56. The van der Waals surface area contributed by atoms with Gasteiger partial charge in [-0.05, 0) is 36.8 Å². The fourth-order valence-electron chi connectivity index (χ4n) is 3.50. The van der Waals surface area contributed by atoms with Gasteiger partial charge in [0.05, 0.1) is 11.1 Å². The lowest BCUT2D eigenvalue weighted by Gasteiger charge is -2.14. The maximum atomic E-state index is 15.0. The highest BCUT2D eigenvalue weighted by Crippen LogP contribution is 2.36. The lowest BCUT2D eigenvalue weighted by atomic mass is 10.0. The van der Waals surface area contributed by atoms with Gasteiger partial charge in [-0.3, -0.25) is 4.79 Å². The van der Waals surface area contributed by atoms with E-state index in [1.54, 1.807) is 36.9 Å². The fraction of sp³-hybridized carbons (Fsp3) is 0.136. The molecule has 0 saturated heterocycles. The molecule has 32 heavy (non-hydrogen) atoms. The number of rotatable bonds is 4. The summed E-state index contributed by atoms with van der Waals surface area (Å²) >= 11 is 5.87. The molecule has 2 aromatic carbocycles. The van der Waals surface area contributed by atoms with Crippen LogP contribution in [0.5, 0.6) is 0 Å². The van der Waals surface area contributed by atoms with E-state index in [4.69, 9.17) is 17.3 Å². The predicted octanol–water partition coefficient (Wildman–Crippen LogP) is 4.13. The molecule has 4 rings (SSSR count). The molecule has 0 spiro atoms. The first-order valence-electron chi connectivity index (χ1n) is 9.49. The molecule has 1 unspecified atom stereocenters. The van der Waals surface area contributed by atoms with Gasteiger partial charge in [-0.25, -0.2) is 18.7 Å². The van der Waals surface area contributed by atoms with Crippen molar-refractivity contribution >= 4 is 40.0 Å². The molecule has 0 aliphatic carbocycles. The van der Waals surface area contributed by atoms with Crippen LogP contribution in [0.3, 0.4) is 0 Å². The first-order chi connectivity index (χ1) is 15.2. The molecule has 0 saturated carbocycles. The quantitative estimate of drug-likeness (QED) is 0.427. The number of hydrogen-bond acceptors (Lipinski definition) is 5. The molecule has 0 radical (unpaired) electrons. The highest BCUT2D eigenvalue weighted by Gasteiger charge is 2.23. The number of benzene rings is 2. The summed E-state index contributed by atoms with van der Waals surface area (Å²) in [7, 11) is 1.71. The molecule has 4 N–H and O–H groups in total. The van der Waals surface area contributed by atoms with E-state index in [-0.39, 0.29) is 16.9 Å². The SMILES string of the molecule is Cc1nc(N)c2c(-c3ccc(NC(=O)C(O)c4cccc(Cl)c4)c(F)c3F)cn(C)c2n1. The number of nitrogens with one attached hydrogen (secondary N) is 1. The molecule has 0 aliphatic heterocycles. The largest absolute Gasteiger partial charge is 0.383 e. The number of fused-ring (bicyclic) bond motifs is 1. The molecular weight excluding hydrogens is 440 g/mol. The molecule has 7 nitrogen and oxygen atoms in total. The number of anilines is 2. The number of carbonyl (C=O) groups is 1. The van der Waals surface area contributed by atoms with Crippen molar-refractivity contribution in [3.05, 3.63) is 70.6 Å². The molecule has 164 valence electrons. The predicted molar refractivity (Wildman–Crippen MR) is 118 cm³/mol. The van der Waals surface area contributed by atoms with Crippen molar-refractivity contribution in [1.82, 2.24) is 14.5 Å². The topological polar surface area (TPSA) is 106 Å². The zero-order chi connectivity index (χ0) is 23.2. The maximum Gasteiger partial charge on any atom is 0.257 e. The molecule has 4 aromatic rings. The molecule has 10 heteroatoms. The van der Waals surface area contributed by atoms with Crippen molar-refractivity contribution in [3.8, 4) is 11.1 Å². The normalized spacial score (nSPS) is 12.2. The van der Waals surface area contributed by atoms with Gasteiger partial charge in [-0.1, -0.05) is 23.7 Å². The van der Waals surface area contributed by atoms with Crippen LogP contribution < -0.4 is 11.1 Å². The number of hydrogen-bond donors (Lipinski definition) is 3. The van der Waals surface area contributed by atoms with E-state index in [0.29, 0.717) is 27.4 Å². The van der Waals surface area contributed by atoms with Gasteiger partial charge in [-0.2, -0.15) is 0 Å². The molecule has 1 atom stereocenters. The van der Waals surface area contributed by atoms with Gasteiger partial charge in [0.1, 0.15) is 17.3 Å². The van der Waals surface area contributed by atoms with Crippen molar-refractivity contribution < 1.29 is 18.7 Å². The summed E-state index contributed by atoms with van der Waals surface area (Å²) in [6, 6.07) is 8.56. The third-order valence-electron chi connectivity index (χ3n) is 5.00. The van der Waals surface area contributed by atoms with E-state index < -0.39 is 29.3 Å². The van der Waals surface area contributed by atoms with E-state index in [0.717, 1.165) is 0 Å². The van der Waals surface area contributed by atoms with Crippen molar-refractivity contribution in [2.75, 3.05) is 11.1 Å². The standard InChI is InChI=1S/C22H18ClF2N5O2/c1-10-27-20(26)16-14(9-30(2)21(16)28-10)13-6-7-15(18(25)17(13)24)29-22(32)19(31)11-4-3-5-12(23)8-11/h3-9,19,31H,1-2H3,(H,29,32)(H2,26,27,28). The summed E-state index contributed by atoms with van der Waals surface area (Å²) in [6.07, 6.45) is -0.0390. The van der Waals surface area contributed by atoms with Crippen LogP contribution in [0, 0.1) is 18.6 Å². The molecule has 2 heterocycles. The van der Waals surface area contributed by atoms with Crippen molar-refractivity contribution in [2.24, 2.45) is 7.05 Å². The second kappa shape index (κ2) is 8.18. The van der Waals surface area contributed by atoms with Crippen LogP contribution in [-0.4, -0.2) is 25.5 Å². The third kappa shape index (κ3) is 3.76. The van der Waals surface area contributed by atoms with Gasteiger partial charge in [0.15, 0.2) is 17.7 Å². The average molecular weight is 458 g/mol. The first kappa shape index (κ1) is 21.7. The van der Waals surface area contributed by atoms with Crippen molar-refractivity contribution in [1.29, 1.82) is 0 Å². The number of nitrogens with zero attached hydrogens (tertiary/aromatic N) is 3. The van der Waals surface area contributed by atoms with Gasteiger partial charge in [0.2, 0.25) is 0 Å². The van der Waals surface area contributed by atoms with Crippen LogP contribution in [-0.2, 0) is 11.8 Å². The van der Waals surface area contributed by atoms with E-state index >= 15 is 4.39 Å². The molecule has 0 fully saturated rings. The average Bonchev–Trinajstić information content (AvgIpc) is 3.07. The second-order valence-corrected chi connectivity index (χ2v) is 7.68. The Balaban J connectivity index is 1.69. The van der Waals surface area contributed by atoms with Crippen LogP contribution in [0.15, 0.2) is 42.6 Å². The summed E-state index contributed by atoms with van der Waals surface area (Å²) < 4.78 is 31.5. The van der Waals surface area contributed by atoms with Gasteiger partial charge in [0.25, 0.3) is 5.91 Å². The van der Waals surface area contributed by atoms with E-state index in [2.05, 4.69) is 15.3 Å². The van der Waals surface area contributed by atoms with E-state index in [1.165, 1.54) is 24.3 Å². The van der Waals surface area contributed by atoms with E-state index in [9.17, 15) is 14.3 Å². The minimum absolute atomic E-state index is 0.0689. The summed E-state index contributed by atoms with van der Waals surface area (Å²) in [6.45, 7) is 1.68. The Bertz CT molecular complexity index is 1370. The summed E-state index contributed by atoms with van der Waals surface area (Å²) in [5.74, 6) is -2.81. The summed E-state index contributed by atoms with van der Waals surface area (Å²) in [5, 5.41) is 13.1. The maximum absolute atomic E-state index is 15.0. The van der Waals surface area contributed by atoms with Gasteiger partial charge >= 0.3 is 0 Å². The van der Waals surface area contributed by atoms with Crippen LogP contribution >= 0.6 is 11.6 Å². The number of amides is 1. The zero-order valence-electron chi connectivity index (χ0n) is 17.0. The van der Waals surface area contributed by atoms with Crippen LogP contribution in [0.1, 0.15) is 17.5 Å². The molecule has 0 aliphatic rings. The Morgan fingerprint density at radius 3 is 2.66 bits per heavy atom. The van der Waals surface area contributed by atoms with Gasteiger partial charge in [0, 0.05) is 29.4 Å². The van der Waals surface area contributed by atoms with Crippen LogP contribution in [0.4, 0.5) is 20.3 Å². The van der Waals surface area contributed by atoms with Crippen molar-refractivity contribution in [3.63, 3.8) is 0 Å². The second-order valence-electron chi connectivity index (χ2n) is 7.24. The Morgan fingerprint density at radius 2 is 1.94 bits per heavy atom. The van der Waals surface area contributed by atoms with Gasteiger partial charge < -0.3 is 20.7 Å². The molecular formula is C22H18ClF2N5O2. The number of aliphatic hydroxyl groups excluding tert-OH is 1. The minimum atomic E-state index is -1.62. The molecule has 2 aromatic heterocycles. The van der Waals surface area contributed by atoms with Gasteiger partial charge in [-0.15, -0.1) is 0 Å². The lowest BCUT2D eigenvalue weighted by molar-refractivity contribution is -0.124. The zero-order valence-corrected chi connectivity index (χ0v) is 17.8. The fourth-order valence-corrected chi connectivity index (χ4v) is 3.70. The summed E-state index contributed by atoms with van der Waals surface area (Å²) in [4.78, 5) is 20.8.